The van der Waals surface area contributed by atoms with Crippen LogP contribution in [-0.4, -0.2) is 139 Å². The monoisotopic (exact) mass is 952 g/mol. The van der Waals surface area contributed by atoms with Gasteiger partial charge in [0.2, 0.25) is 21.8 Å². The second-order valence-electron chi connectivity index (χ2n) is 15.2. The number of halogens is 1. The molecule has 3 heterocycles. The van der Waals surface area contributed by atoms with E-state index in [-0.39, 0.29) is 37.0 Å². The highest BCUT2D eigenvalue weighted by molar-refractivity contribution is 7.92. The number of benzene rings is 3. The molecule has 0 saturated carbocycles. The maximum atomic E-state index is 13.2. The predicted molar refractivity (Wildman–Crippen MR) is 242 cm³/mol. The average molecular weight is 953 g/mol. The minimum absolute atomic E-state index is 0.0505. The van der Waals surface area contributed by atoms with Gasteiger partial charge in [-0.15, -0.1) is 0 Å². The fourth-order valence-corrected chi connectivity index (χ4v) is 7.94. The molecule has 1 unspecified atom stereocenters. The first kappa shape index (κ1) is 49.5. The largest absolute Gasteiger partial charge is 0.497 e. The Morgan fingerprint density at radius 3 is 2.17 bits per heavy atom. The number of piperidine rings is 1. The Kier molecular flexibility index (Phi) is 17.7. The molecule has 6 rings (SSSR count). The summed E-state index contributed by atoms with van der Waals surface area (Å²) in [6, 6.07) is 12.7. The van der Waals surface area contributed by atoms with E-state index in [0.717, 1.165) is 22.3 Å². The van der Waals surface area contributed by atoms with Gasteiger partial charge in [-0.1, -0.05) is 23.7 Å². The van der Waals surface area contributed by atoms with Crippen molar-refractivity contribution in [2.75, 3.05) is 96.5 Å². The topological polar surface area (TPSA) is 232 Å². The van der Waals surface area contributed by atoms with Crippen molar-refractivity contribution >= 4 is 56.6 Å². The minimum Gasteiger partial charge on any atom is -0.497 e. The number of rotatable bonds is 26. The summed E-state index contributed by atoms with van der Waals surface area (Å²) in [5.41, 5.74) is 4.27. The molecule has 4 aromatic rings. The molecule has 0 bridgehead atoms. The zero-order chi connectivity index (χ0) is 47.2. The van der Waals surface area contributed by atoms with Crippen molar-refractivity contribution in [3.8, 4) is 17.2 Å². The van der Waals surface area contributed by atoms with Crippen molar-refractivity contribution in [3.05, 3.63) is 99.1 Å². The van der Waals surface area contributed by atoms with Crippen molar-refractivity contribution in [1.82, 2.24) is 20.2 Å². The Bertz CT molecular complexity index is 2510. The third kappa shape index (κ3) is 13.4. The van der Waals surface area contributed by atoms with Crippen LogP contribution in [0.1, 0.15) is 61.8 Å². The number of hydrogen-bond donors (Lipinski definition) is 3. The van der Waals surface area contributed by atoms with Crippen molar-refractivity contribution in [2.45, 2.75) is 38.6 Å². The molecule has 21 heteroatoms. The van der Waals surface area contributed by atoms with Crippen LogP contribution >= 0.6 is 11.6 Å². The Hall–Kier alpha value is -5.90. The Morgan fingerprint density at radius 1 is 0.803 bits per heavy atom. The van der Waals surface area contributed by atoms with Gasteiger partial charge in [-0.25, -0.2) is 18.4 Å². The smallest absolute Gasteiger partial charge is 0.264 e. The number of nitrogens with zero attached hydrogens (tertiary/aromatic N) is 3. The number of carbonyl (C=O) groups excluding carboxylic acids is 4. The summed E-state index contributed by atoms with van der Waals surface area (Å²) in [5, 5.41) is 5.68. The zero-order valence-electron chi connectivity index (χ0n) is 37.1. The fourth-order valence-electron chi connectivity index (χ4n) is 7.19. The number of imide groups is 2. The van der Waals surface area contributed by atoms with Crippen LogP contribution in [0.4, 0.5) is 11.4 Å². The Balaban J connectivity index is 0.844. The summed E-state index contributed by atoms with van der Waals surface area (Å²) in [7, 11) is -0.486. The van der Waals surface area contributed by atoms with Crippen molar-refractivity contribution < 1.29 is 60.8 Å². The Labute approximate surface area is 387 Å². The molecule has 66 heavy (non-hydrogen) atoms. The molecule has 1 atom stereocenters. The number of aromatic nitrogens is 2. The third-order valence-electron chi connectivity index (χ3n) is 10.4. The average Bonchev–Trinajstić information content (AvgIpc) is 3.54. The number of anilines is 2. The summed E-state index contributed by atoms with van der Waals surface area (Å²) in [4.78, 5) is 60.3. The van der Waals surface area contributed by atoms with E-state index in [9.17, 15) is 27.6 Å². The van der Waals surface area contributed by atoms with E-state index in [4.69, 9.17) is 49.7 Å². The number of nitrogens with one attached hydrogen (secondary N) is 3. The molecule has 1 fully saturated rings. The predicted octanol–water partition coefficient (Wildman–Crippen LogP) is 3.97. The number of carbonyl (C=O) groups is 4. The maximum Gasteiger partial charge on any atom is 0.264 e. The van der Waals surface area contributed by atoms with Gasteiger partial charge in [0.05, 0.1) is 101 Å². The van der Waals surface area contributed by atoms with Gasteiger partial charge in [0.25, 0.3) is 11.8 Å². The first-order chi connectivity index (χ1) is 31.8. The van der Waals surface area contributed by atoms with Crippen LogP contribution in [0.3, 0.4) is 0 Å². The molecule has 2 aliphatic rings. The summed E-state index contributed by atoms with van der Waals surface area (Å²) in [6.07, 6.45) is 3.37. The van der Waals surface area contributed by atoms with Gasteiger partial charge < -0.3 is 38.5 Å². The quantitative estimate of drug-likeness (QED) is 0.0597. The number of sulfonamides is 1. The highest BCUT2D eigenvalue weighted by Gasteiger charge is 2.45. The van der Waals surface area contributed by atoms with Gasteiger partial charge in [0.1, 0.15) is 24.2 Å². The molecule has 1 saturated heterocycles. The number of fused-ring (bicyclic) bond motifs is 1. The number of ether oxygens (including phenoxy) is 7. The van der Waals surface area contributed by atoms with Gasteiger partial charge in [-0.05, 0) is 60.4 Å². The zero-order valence-corrected chi connectivity index (χ0v) is 38.7. The van der Waals surface area contributed by atoms with E-state index in [0.29, 0.717) is 117 Å². The van der Waals surface area contributed by atoms with Crippen LogP contribution in [0.15, 0.2) is 54.7 Å². The molecule has 354 valence electrons. The summed E-state index contributed by atoms with van der Waals surface area (Å²) < 4.78 is 66.1. The van der Waals surface area contributed by atoms with Gasteiger partial charge >= 0.3 is 0 Å². The van der Waals surface area contributed by atoms with E-state index in [2.05, 4.69) is 20.3 Å². The van der Waals surface area contributed by atoms with Crippen LogP contribution in [0.25, 0.3) is 0 Å². The summed E-state index contributed by atoms with van der Waals surface area (Å²) >= 11 is 6.51. The molecule has 0 aliphatic carbocycles. The molecule has 2 aliphatic heterocycles. The van der Waals surface area contributed by atoms with E-state index in [1.165, 1.54) is 13.3 Å². The minimum atomic E-state index is -3.56. The van der Waals surface area contributed by atoms with Crippen LogP contribution in [0.5, 0.6) is 17.2 Å². The number of methoxy groups -OCH3 is 2. The molecule has 3 N–H and O–H groups in total. The standard InChI is InChI=1S/C45H53ClN6O13S/c1-28-22-38(60-3)39(24-30(28)25-40-48-27-33(46)36(49-40)23-29-8-9-31(59-2)26-35(29)51-66(4,57)58)65-21-20-64-19-18-63-17-16-62-15-14-61-13-12-47-34-7-5-6-32-42(34)45(56)52(44(32)55)37-10-11-41(53)50-43(37)54/h5-9,22,24,26-27,37,47,51H,10-21,23,25H2,1-4H3,(H,50,53,54). The Morgan fingerprint density at radius 2 is 1.50 bits per heavy atom. The lowest BCUT2D eigenvalue weighted by atomic mass is 10.0. The van der Waals surface area contributed by atoms with Crippen LogP contribution < -0.4 is 29.6 Å². The molecular formula is C45H53ClN6O13S. The number of aryl methyl sites for hydroxylation is 1. The van der Waals surface area contributed by atoms with Crippen LogP contribution in [0, 0.1) is 6.92 Å². The molecule has 19 nitrogen and oxygen atoms in total. The lowest BCUT2D eigenvalue weighted by Gasteiger charge is -2.27. The van der Waals surface area contributed by atoms with Gasteiger partial charge in [-0.3, -0.25) is 34.1 Å². The van der Waals surface area contributed by atoms with Crippen molar-refractivity contribution in [2.24, 2.45) is 0 Å². The fraction of sp³-hybridized carbons (Fsp3) is 0.422. The van der Waals surface area contributed by atoms with E-state index in [1.54, 1.807) is 43.5 Å². The van der Waals surface area contributed by atoms with Gasteiger partial charge in [0, 0.05) is 43.8 Å². The third-order valence-corrected chi connectivity index (χ3v) is 11.3. The first-order valence-corrected chi connectivity index (χ1v) is 23.4. The lowest BCUT2D eigenvalue weighted by molar-refractivity contribution is -0.136. The van der Waals surface area contributed by atoms with Crippen molar-refractivity contribution in [3.63, 3.8) is 0 Å². The second-order valence-corrected chi connectivity index (χ2v) is 17.3. The molecule has 0 radical (unpaired) electrons. The van der Waals surface area contributed by atoms with Crippen LogP contribution in [-0.2, 0) is 51.4 Å². The molecule has 4 amide bonds. The molecular weight excluding hydrogens is 900 g/mol. The maximum absolute atomic E-state index is 13.2. The molecule has 3 aromatic carbocycles. The second kappa shape index (κ2) is 23.5. The highest BCUT2D eigenvalue weighted by Crippen LogP contribution is 2.34. The normalized spacial score (nSPS) is 14.9. The lowest BCUT2D eigenvalue weighted by Crippen LogP contribution is -2.54. The van der Waals surface area contributed by atoms with Crippen molar-refractivity contribution in [1.29, 1.82) is 0 Å². The molecule has 0 spiro atoms. The van der Waals surface area contributed by atoms with Crippen LogP contribution in [0.2, 0.25) is 5.02 Å². The van der Waals surface area contributed by atoms with Gasteiger partial charge in [0.15, 0.2) is 11.5 Å². The summed E-state index contributed by atoms with van der Waals surface area (Å²) in [6.45, 7) is 5.34. The first-order valence-electron chi connectivity index (χ1n) is 21.1. The number of hydrogen-bond acceptors (Lipinski definition) is 16. The SMILES string of the molecule is COc1ccc(Cc2nc(Cc3cc(OCCOCCOCCOCCOCCNc4cccc5c4C(=O)N(C4CCC(=O)NC4=O)C5=O)c(OC)cc3C)ncc2Cl)c(NS(C)(=O)=O)c1. The van der Waals surface area contributed by atoms with E-state index >= 15 is 0 Å². The molecule has 1 aromatic heterocycles. The number of amides is 4. The van der Waals surface area contributed by atoms with Gasteiger partial charge in [-0.2, -0.15) is 0 Å². The highest BCUT2D eigenvalue weighted by atomic mass is 35.5. The summed E-state index contributed by atoms with van der Waals surface area (Å²) in [5.74, 6) is -0.109. The van der Waals surface area contributed by atoms with E-state index in [1.807, 2.05) is 19.1 Å². The van der Waals surface area contributed by atoms with E-state index < -0.39 is 39.7 Å².